The molecule has 0 aliphatic heterocycles. The van der Waals surface area contributed by atoms with Gasteiger partial charge in [-0.2, -0.15) is 5.10 Å². The first-order valence-corrected chi connectivity index (χ1v) is 4.83. The number of Topliss-reactive ketones (excluding diaryl/α,β-unsaturated/α-hetero) is 1. The monoisotopic (exact) mass is 195 g/mol. The van der Waals surface area contributed by atoms with Gasteiger partial charge in [-0.3, -0.25) is 9.48 Å². The molecule has 0 aromatic carbocycles. The van der Waals surface area contributed by atoms with Crippen molar-refractivity contribution < 1.29 is 4.79 Å². The van der Waals surface area contributed by atoms with E-state index < -0.39 is 0 Å². The molecule has 0 fully saturated rings. The lowest BCUT2D eigenvalue weighted by Gasteiger charge is -2.03. The van der Waals surface area contributed by atoms with Gasteiger partial charge in [0, 0.05) is 12.7 Å². The molecule has 0 atom stereocenters. The van der Waals surface area contributed by atoms with Gasteiger partial charge < -0.3 is 5.32 Å². The minimum absolute atomic E-state index is 0.0857. The summed E-state index contributed by atoms with van der Waals surface area (Å²) in [5, 5.41) is 6.96. The van der Waals surface area contributed by atoms with E-state index in [2.05, 4.69) is 24.3 Å². The molecule has 0 amide bonds. The lowest BCUT2D eigenvalue weighted by Crippen LogP contribution is -2.18. The number of carbonyl (C=O) groups is 1. The number of hydrogen-bond acceptors (Lipinski definition) is 3. The maximum absolute atomic E-state index is 11.4. The fourth-order valence-corrected chi connectivity index (χ4v) is 1.24. The lowest BCUT2D eigenvalue weighted by atomic mass is 10.2. The van der Waals surface area contributed by atoms with Crippen molar-refractivity contribution in [2.24, 2.45) is 5.92 Å². The van der Waals surface area contributed by atoms with E-state index in [1.54, 1.807) is 19.4 Å². The normalized spacial score (nSPS) is 10.9. The number of nitrogens with one attached hydrogen (secondary N) is 1. The minimum atomic E-state index is 0.0857. The average Bonchev–Trinajstić information content (AvgIpc) is 2.52. The van der Waals surface area contributed by atoms with Crippen LogP contribution in [0.15, 0.2) is 12.4 Å². The molecule has 0 bridgehead atoms. The highest BCUT2D eigenvalue weighted by atomic mass is 16.1. The van der Waals surface area contributed by atoms with Gasteiger partial charge in [-0.05, 0) is 13.0 Å². The summed E-state index contributed by atoms with van der Waals surface area (Å²) >= 11 is 0. The quantitative estimate of drug-likeness (QED) is 0.711. The molecule has 1 aromatic heterocycles. The molecule has 0 saturated carbocycles. The zero-order chi connectivity index (χ0) is 10.6. The second-order valence-electron chi connectivity index (χ2n) is 3.80. The van der Waals surface area contributed by atoms with Crippen molar-refractivity contribution in [2.75, 3.05) is 13.6 Å². The van der Waals surface area contributed by atoms with E-state index in [1.807, 2.05) is 4.68 Å². The van der Waals surface area contributed by atoms with Gasteiger partial charge in [-0.25, -0.2) is 0 Å². The first kappa shape index (κ1) is 10.9. The summed E-state index contributed by atoms with van der Waals surface area (Å²) in [4.78, 5) is 11.4. The number of ketones is 1. The van der Waals surface area contributed by atoms with Crippen LogP contribution in [0.1, 0.15) is 24.2 Å². The van der Waals surface area contributed by atoms with Gasteiger partial charge in [0.05, 0.1) is 18.3 Å². The molecule has 1 N–H and O–H groups in total. The predicted molar refractivity (Wildman–Crippen MR) is 55.3 cm³/mol. The van der Waals surface area contributed by atoms with E-state index in [0.29, 0.717) is 18.0 Å². The first-order valence-electron chi connectivity index (χ1n) is 4.83. The molecule has 14 heavy (non-hydrogen) atoms. The Kier molecular flexibility index (Phi) is 3.83. The van der Waals surface area contributed by atoms with Gasteiger partial charge in [0.1, 0.15) is 0 Å². The van der Waals surface area contributed by atoms with Crippen LogP contribution in [-0.4, -0.2) is 29.2 Å². The summed E-state index contributed by atoms with van der Waals surface area (Å²) in [5.74, 6) is 0.629. The highest BCUT2D eigenvalue weighted by Gasteiger charge is 2.07. The second-order valence-corrected chi connectivity index (χ2v) is 3.80. The average molecular weight is 195 g/mol. The summed E-state index contributed by atoms with van der Waals surface area (Å²) in [6.07, 6.45) is 3.43. The van der Waals surface area contributed by atoms with Crippen LogP contribution < -0.4 is 5.32 Å². The number of likely N-dealkylation sites (N-methyl/N-ethyl adjacent to an activating group) is 1. The number of aromatic nitrogens is 2. The van der Waals surface area contributed by atoms with Crippen molar-refractivity contribution in [1.29, 1.82) is 0 Å². The Bertz CT molecular complexity index is 304. The summed E-state index contributed by atoms with van der Waals surface area (Å²) in [6.45, 7) is 5.47. The van der Waals surface area contributed by atoms with Crippen molar-refractivity contribution in [2.45, 2.75) is 20.4 Å². The third-order valence-electron chi connectivity index (χ3n) is 1.84. The maximum Gasteiger partial charge on any atom is 0.179 e. The van der Waals surface area contributed by atoms with Crippen molar-refractivity contribution >= 4 is 5.78 Å². The SMILES string of the molecule is CNCC(=O)c1cnn(CC(C)C)c1. The van der Waals surface area contributed by atoms with Crippen LogP contribution in [0, 0.1) is 5.92 Å². The van der Waals surface area contributed by atoms with Crippen LogP contribution in [0.3, 0.4) is 0 Å². The molecule has 1 rings (SSSR count). The summed E-state index contributed by atoms with van der Waals surface area (Å²) in [7, 11) is 1.76. The van der Waals surface area contributed by atoms with Crippen LogP contribution in [0.5, 0.6) is 0 Å². The van der Waals surface area contributed by atoms with Gasteiger partial charge in [0.25, 0.3) is 0 Å². The first-order chi connectivity index (χ1) is 6.63. The smallest absolute Gasteiger partial charge is 0.179 e. The standard InChI is InChI=1S/C10H17N3O/c1-8(2)6-13-7-9(4-12-13)10(14)5-11-3/h4,7-8,11H,5-6H2,1-3H3. The summed E-state index contributed by atoms with van der Waals surface area (Å²) in [5.41, 5.74) is 0.681. The van der Waals surface area contributed by atoms with Crippen LogP contribution in [0.2, 0.25) is 0 Å². The molecule has 1 aromatic rings. The molecule has 0 radical (unpaired) electrons. The number of nitrogens with zero attached hydrogens (tertiary/aromatic N) is 2. The van der Waals surface area contributed by atoms with E-state index >= 15 is 0 Å². The molecule has 0 saturated heterocycles. The van der Waals surface area contributed by atoms with Crippen LogP contribution in [0.4, 0.5) is 0 Å². The molecule has 78 valence electrons. The Balaban J connectivity index is 2.63. The van der Waals surface area contributed by atoms with E-state index in [1.165, 1.54) is 0 Å². The predicted octanol–water partition coefficient (Wildman–Crippen LogP) is 0.941. The van der Waals surface area contributed by atoms with Crippen LogP contribution in [0.25, 0.3) is 0 Å². The molecule has 4 nitrogen and oxygen atoms in total. The molecular formula is C10H17N3O. The fourth-order valence-electron chi connectivity index (χ4n) is 1.24. The zero-order valence-electron chi connectivity index (χ0n) is 8.95. The highest BCUT2D eigenvalue weighted by Crippen LogP contribution is 2.02. The number of hydrogen-bond donors (Lipinski definition) is 1. The van der Waals surface area contributed by atoms with Crippen molar-refractivity contribution in [3.8, 4) is 0 Å². The third-order valence-corrected chi connectivity index (χ3v) is 1.84. The van der Waals surface area contributed by atoms with E-state index in [0.717, 1.165) is 6.54 Å². The van der Waals surface area contributed by atoms with E-state index in [-0.39, 0.29) is 5.78 Å². The van der Waals surface area contributed by atoms with Gasteiger partial charge in [-0.1, -0.05) is 13.8 Å². The lowest BCUT2D eigenvalue weighted by molar-refractivity contribution is 0.0993. The molecule has 0 aliphatic carbocycles. The number of rotatable bonds is 5. The minimum Gasteiger partial charge on any atom is -0.313 e. The number of carbonyl (C=O) groups excluding carboxylic acids is 1. The molecule has 0 unspecified atom stereocenters. The van der Waals surface area contributed by atoms with Crippen LogP contribution in [-0.2, 0) is 6.54 Å². The largest absolute Gasteiger partial charge is 0.313 e. The second kappa shape index (κ2) is 4.91. The Morgan fingerprint density at radius 2 is 2.36 bits per heavy atom. The van der Waals surface area contributed by atoms with Gasteiger partial charge in [0.2, 0.25) is 0 Å². The Labute approximate surface area is 84.3 Å². The maximum atomic E-state index is 11.4. The summed E-state index contributed by atoms with van der Waals surface area (Å²) in [6, 6.07) is 0. The van der Waals surface area contributed by atoms with Gasteiger partial charge in [-0.15, -0.1) is 0 Å². The van der Waals surface area contributed by atoms with Crippen molar-refractivity contribution in [3.05, 3.63) is 18.0 Å². The molecule has 4 heteroatoms. The summed E-state index contributed by atoms with van der Waals surface area (Å²) < 4.78 is 1.81. The Morgan fingerprint density at radius 3 is 2.93 bits per heavy atom. The van der Waals surface area contributed by atoms with E-state index in [9.17, 15) is 4.79 Å². The topological polar surface area (TPSA) is 46.9 Å². The molecular weight excluding hydrogens is 178 g/mol. The Hall–Kier alpha value is -1.16. The van der Waals surface area contributed by atoms with Gasteiger partial charge >= 0.3 is 0 Å². The van der Waals surface area contributed by atoms with E-state index in [4.69, 9.17) is 0 Å². The zero-order valence-corrected chi connectivity index (χ0v) is 8.95. The van der Waals surface area contributed by atoms with Gasteiger partial charge in [0.15, 0.2) is 5.78 Å². The highest BCUT2D eigenvalue weighted by molar-refractivity contribution is 5.97. The molecule has 0 aliphatic rings. The van der Waals surface area contributed by atoms with Crippen molar-refractivity contribution in [3.63, 3.8) is 0 Å². The molecule has 1 heterocycles. The molecule has 0 spiro atoms. The van der Waals surface area contributed by atoms with Crippen LogP contribution >= 0.6 is 0 Å². The van der Waals surface area contributed by atoms with Crippen molar-refractivity contribution in [1.82, 2.24) is 15.1 Å². The third kappa shape index (κ3) is 2.96. The Morgan fingerprint density at radius 1 is 1.64 bits per heavy atom. The fraction of sp³-hybridized carbons (Fsp3) is 0.600.